The van der Waals surface area contributed by atoms with E-state index in [4.69, 9.17) is 0 Å². The molecule has 2 aromatic carbocycles. The lowest BCUT2D eigenvalue weighted by atomic mass is 9.95. The van der Waals surface area contributed by atoms with Gasteiger partial charge in [0.15, 0.2) is 5.13 Å². The first-order valence-corrected chi connectivity index (χ1v) is 12.0. The van der Waals surface area contributed by atoms with Gasteiger partial charge in [0, 0.05) is 40.0 Å². The van der Waals surface area contributed by atoms with Gasteiger partial charge in [-0.05, 0) is 68.1 Å². The van der Waals surface area contributed by atoms with Crippen LogP contribution >= 0.6 is 27.3 Å². The third-order valence-corrected chi connectivity index (χ3v) is 7.07. The molecule has 0 atom stereocenters. The highest BCUT2D eigenvalue weighted by molar-refractivity contribution is 9.10. The van der Waals surface area contributed by atoms with Crippen molar-refractivity contribution in [2.75, 3.05) is 18.4 Å². The quantitative estimate of drug-likeness (QED) is 0.504. The third-order valence-electron chi connectivity index (χ3n) is 5.78. The maximum absolute atomic E-state index is 12.7. The Labute approximate surface area is 194 Å². The minimum atomic E-state index is -0.108. The highest BCUT2D eigenvalue weighted by Gasteiger charge is 2.28. The molecule has 1 aliphatic heterocycles. The predicted molar refractivity (Wildman–Crippen MR) is 128 cm³/mol. The zero-order chi connectivity index (χ0) is 22.0. The summed E-state index contributed by atoms with van der Waals surface area (Å²) in [5.74, 6) is -0.107. The minimum Gasteiger partial charge on any atom is -0.339 e. The van der Waals surface area contributed by atoms with Crippen LogP contribution in [0.3, 0.4) is 0 Å². The number of benzene rings is 2. The number of rotatable bonds is 4. The summed E-state index contributed by atoms with van der Waals surface area (Å²) in [6.07, 6.45) is 1.31. The van der Waals surface area contributed by atoms with Crippen LogP contribution < -0.4 is 5.32 Å². The molecule has 0 unspecified atom stereocenters. The van der Waals surface area contributed by atoms with E-state index in [2.05, 4.69) is 58.3 Å². The first-order chi connectivity index (χ1) is 14.9. The number of likely N-dealkylation sites (tertiary alicyclic amines) is 1. The number of hydrogen-bond donors (Lipinski definition) is 1. The van der Waals surface area contributed by atoms with Crippen molar-refractivity contribution in [3.05, 3.63) is 69.0 Å². The standard InChI is InChI=1S/C24H24BrN3O2S/c1-15-3-4-19(13-16(15)2)21-14-31-24(26-21)27-22(29)17-9-11-28(12-10-17)23(30)18-5-7-20(25)8-6-18/h3-8,13-14,17H,9-12H2,1-2H3,(H,26,27,29). The number of nitrogens with zero attached hydrogens (tertiary/aromatic N) is 2. The number of thiazole rings is 1. The van der Waals surface area contributed by atoms with Crippen molar-refractivity contribution in [2.45, 2.75) is 26.7 Å². The summed E-state index contributed by atoms with van der Waals surface area (Å²) in [5.41, 5.74) is 5.07. The fraction of sp³-hybridized carbons (Fsp3) is 0.292. The monoisotopic (exact) mass is 497 g/mol. The normalized spacial score (nSPS) is 14.5. The van der Waals surface area contributed by atoms with Crippen LogP contribution in [0.2, 0.25) is 0 Å². The molecule has 3 aromatic rings. The lowest BCUT2D eigenvalue weighted by Crippen LogP contribution is -2.41. The van der Waals surface area contributed by atoms with Crippen LogP contribution in [0.4, 0.5) is 5.13 Å². The van der Waals surface area contributed by atoms with E-state index in [9.17, 15) is 9.59 Å². The van der Waals surface area contributed by atoms with Gasteiger partial charge in [0.1, 0.15) is 0 Å². The molecule has 31 heavy (non-hydrogen) atoms. The zero-order valence-electron chi connectivity index (χ0n) is 17.5. The van der Waals surface area contributed by atoms with Crippen molar-refractivity contribution >= 4 is 44.2 Å². The van der Waals surface area contributed by atoms with E-state index in [1.54, 1.807) is 0 Å². The van der Waals surface area contributed by atoms with Gasteiger partial charge in [-0.1, -0.05) is 28.1 Å². The van der Waals surface area contributed by atoms with Crippen LogP contribution in [-0.2, 0) is 4.79 Å². The van der Waals surface area contributed by atoms with Gasteiger partial charge < -0.3 is 10.2 Å². The molecule has 0 radical (unpaired) electrons. The van der Waals surface area contributed by atoms with E-state index in [0.29, 0.717) is 36.6 Å². The summed E-state index contributed by atoms with van der Waals surface area (Å²) >= 11 is 4.83. The average Bonchev–Trinajstić information content (AvgIpc) is 3.24. The molecule has 1 aromatic heterocycles. The van der Waals surface area contributed by atoms with E-state index in [1.165, 1.54) is 22.5 Å². The lowest BCUT2D eigenvalue weighted by Gasteiger charge is -2.31. The first kappa shape index (κ1) is 21.7. The summed E-state index contributed by atoms with van der Waals surface area (Å²) in [4.78, 5) is 31.8. The van der Waals surface area contributed by atoms with Gasteiger partial charge >= 0.3 is 0 Å². The molecule has 160 valence electrons. The predicted octanol–water partition coefficient (Wildman–Crippen LogP) is 5.68. The Bertz CT molecular complexity index is 1100. The van der Waals surface area contributed by atoms with Crippen LogP contribution in [0.25, 0.3) is 11.3 Å². The van der Waals surface area contributed by atoms with Crippen molar-refractivity contribution in [3.8, 4) is 11.3 Å². The molecule has 5 nitrogen and oxygen atoms in total. The Morgan fingerprint density at radius 1 is 1.06 bits per heavy atom. The highest BCUT2D eigenvalue weighted by Crippen LogP contribution is 2.28. The Balaban J connectivity index is 1.33. The fourth-order valence-electron chi connectivity index (χ4n) is 3.69. The van der Waals surface area contributed by atoms with Crippen molar-refractivity contribution < 1.29 is 9.59 Å². The molecule has 0 spiro atoms. The summed E-state index contributed by atoms with van der Waals surface area (Å²) in [7, 11) is 0. The van der Waals surface area contributed by atoms with Crippen LogP contribution in [0, 0.1) is 19.8 Å². The van der Waals surface area contributed by atoms with Crippen LogP contribution in [0.5, 0.6) is 0 Å². The van der Waals surface area contributed by atoms with E-state index < -0.39 is 0 Å². The summed E-state index contributed by atoms with van der Waals surface area (Å²) in [6, 6.07) is 13.6. The molecule has 4 rings (SSSR count). The number of aryl methyl sites for hydroxylation is 2. The van der Waals surface area contributed by atoms with E-state index >= 15 is 0 Å². The van der Waals surface area contributed by atoms with Crippen molar-refractivity contribution in [3.63, 3.8) is 0 Å². The minimum absolute atomic E-state index is 0.0169. The second-order valence-corrected chi connectivity index (χ2v) is 9.67. The zero-order valence-corrected chi connectivity index (χ0v) is 19.9. The summed E-state index contributed by atoms with van der Waals surface area (Å²) in [6.45, 7) is 5.34. The Kier molecular flexibility index (Phi) is 6.53. The Morgan fingerprint density at radius 3 is 2.45 bits per heavy atom. The number of carbonyl (C=O) groups excluding carboxylic acids is 2. The summed E-state index contributed by atoms with van der Waals surface area (Å²) < 4.78 is 0.947. The van der Waals surface area contributed by atoms with Gasteiger partial charge in [0.05, 0.1) is 5.69 Å². The topological polar surface area (TPSA) is 62.3 Å². The fourth-order valence-corrected chi connectivity index (χ4v) is 4.68. The summed E-state index contributed by atoms with van der Waals surface area (Å²) in [5, 5.41) is 5.56. The molecule has 1 fully saturated rings. The maximum Gasteiger partial charge on any atom is 0.253 e. The number of nitrogens with one attached hydrogen (secondary N) is 1. The van der Waals surface area contributed by atoms with Crippen LogP contribution in [0.15, 0.2) is 52.3 Å². The van der Waals surface area contributed by atoms with Crippen molar-refractivity contribution in [1.29, 1.82) is 0 Å². The number of carbonyl (C=O) groups is 2. The Morgan fingerprint density at radius 2 is 1.77 bits per heavy atom. The van der Waals surface area contributed by atoms with E-state index in [1.807, 2.05) is 34.5 Å². The molecule has 0 bridgehead atoms. The molecular formula is C24H24BrN3O2S. The van der Waals surface area contributed by atoms with E-state index in [-0.39, 0.29) is 17.7 Å². The molecule has 2 heterocycles. The number of aromatic nitrogens is 1. The van der Waals surface area contributed by atoms with Gasteiger partial charge in [0.25, 0.3) is 5.91 Å². The molecule has 2 amide bonds. The third kappa shape index (κ3) is 5.05. The van der Waals surface area contributed by atoms with Gasteiger partial charge in [-0.15, -0.1) is 11.3 Å². The number of piperidine rings is 1. The van der Waals surface area contributed by atoms with E-state index in [0.717, 1.165) is 15.7 Å². The number of halogens is 1. The number of anilines is 1. The SMILES string of the molecule is Cc1ccc(-c2csc(NC(=O)C3CCN(C(=O)c4ccc(Br)cc4)CC3)n2)cc1C. The van der Waals surface area contributed by atoms with Crippen molar-refractivity contribution in [2.24, 2.45) is 5.92 Å². The highest BCUT2D eigenvalue weighted by atomic mass is 79.9. The van der Waals surface area contributed by atoms with Crippen molar-refractivity contribution in [1.82, 2.24) is 9.88 Å². The smallest absolute Gasteiger partial charge is 0.253 e. The lowest BCUT2D eigenvalue weighted by molar-refractivity contribution is -0.121. The molecule has 1 aliphatic rings. The number of amides is 2. The second kappa shape index (κ2) is 9.32. The second-order valence-electron chi connectivity index (χ2n) is 7.90. The molecule has 1 N–H and O–H groups in total. The largest absolute Gasteiger partial charge is 0.339 e. The van der Waals surface area contributed by atoms with Gasteiger partial charge in [0.2, 0.25) is 5.91 Å². The van der Waals surface area contributed by atoms with Gasteiger partial charge in [-0.2, -0.15) is 0 Å². The molecular weight excluding hydrogens is 474 g/mol. The first-order valence-electron chi connectivity index (χ1n) is 10.3. The molecule has 1 saturated heterocycles. The average molecular weight is 498 g/mol. The molecule has 0 aliphatic carbocycles. The molecule has 7 heteroatoms. The molecule has 0 saturated carbocycles. The van der Waals surface area contributed by atoms with Crippen LogP contribution in [-0.4, -0.2) is 34.8 Å². The maximum atomic E-state index is 12.7. The van der Waals surface area contributed by atoms with Gasteiger partial charge in [-0.25, -0.2) is 4.98 Å². The Hall–Kier alpha value is -2.51. The number of hydrogen-bond acceptors (Lipinski definition) is 4. The van der Waals surface area contributed by atoms with Gasteiger partial charge in [-0.3, -0.25) is 9.59 Å². The van der Waals surface area contributed by atoms with Crippen LogP contribution in [0.1, 0.15) is 34.3 Å².